The number of carbonyl (C=O) groups is 2. The van der Waals surface area contributed by atoms with Crippen LogP contribution in [0, 0.1) is 19.8 Å². The van der Waals surface area contributed by atoms with E-state index < -0.39 is 0 Å². The zero-order valence-corrected chi connectivity index (χ0v) is 13.8. The third-order valence-corrected chi connectivity index (χ3v) is 3.97. The van der Waals surface area contributed by atoms with Crippen molar-refractivity contribution in [2.24, 2.45) is 5.92 Å². The van der Waals surface area contributed by atoms with Gasteiger partial charge >= 0.3 is 0 Å². The largest absolute Gasteiger partial charge is 0.346 e. The average molecular weight is 324 g/mol. The highest BCUT2D eigenvalue weighted by atomic mass is 16.2. The number of amides is 2. The third kappa shape index (κ3) is 3.95. The van der Waals surface area contributed by atoms with E-state index in [0.717, 1.165) is 24.1 Å². The van der Waals surface area contributed by atoms with Gasteiger partial charge in [-0.3, -0.25) is 19.6 Å². The summed E-state index contributed by atoms with van der Waals surface area (Å²) in [5.41, 5.74) is 3.66. The van der Waals surface area contributed by atoms with Gasteiger partial charge in [0.2, 0.25) is 5.91 Å². The molecule has 0 radical (unpaired) electrons. The molecule has 0 unspecified atom stereocenters. The monoisotopic (exact) mass is 324 g/mol. The van der Waals surface area contributed by atoms with Crippen molar-refractivity contribution in [3.05, 3.63) is 53.1 Å². The van der Waals surface area contributed by atoms with Gasteiger partial charge < -0.3 is 10.6 Å². The van der Waals surface area contributed by atoms with Crippen molar-refractivity contribution in [1.29, 1.82) is 0 Å². The standard InChI is InChI=1S/C18H20N4O2/c1-11-3-4-14(7-16(11)22-18(24)13-5-6-13)17(23)21-10-15-9-19-12(2)8-20-15/h3-4,7-9,13H,5-6,10H2,1-2H3,(H,21,23)(H,22,24). The molecule has 6 nitrogen and oxygen atoms in total. The van der Waals surface area contributed by atoms with Crippen LogP contribution in [0.1, 0.15) is 40.2 Å². The molecule has 2 amide bonds. The first-order valence-corrected chi connectivity index (χ1v) is 8.00. The van der Waals surface area contributed by atoms with Crippen molar-refractivity contribution in [2.45, 2.75) is 33.2 Å². The van der Waals surface area contributed by atoms with Crippen molar-refractivity contribution < 1.29 is 9.59 Å². The molecule has 1 aromatic heterocycles. The maximum Gasteiger partial charge on any atom is 0.251 e. The summed E-state index contributed by atoms with van der Waals surface area (Å²) in [6, 6.07) is 5.30. The smallest absolute Gasteiger partial charge is 0.251 e. The van der Waals surface area contributed by atoms with E-state index >= 15 is 0 Å². The summed E-state index contributed by atoms with van der Waals surface area (Å²) in [5.74, 6) is -0.0492. The first kappa shape index (κ1) is 16.1. The van der Waals surface area contributed by atoms with E-state index in [2.05, 4.69) is 20.6 Å². The average Bonchev–Trinajstić information content (AvgIpc) is 3.41. The summed E-state index contributed by atoms with van der Waals surface area (Å²) >= 11 is 0. The van der Waals surface area contributed by atoms with Crippen molar-refractivity contribution in [2.75, 3.05) is 5.32 Å². The Bertz CT molecular complexity index is 767. The Labute approximate surface area is 140 Å². The topological polar surface area (TPSA) is 84.0 Å². The molecule has 3 rings (SSSR count). The van der Waals surface area contributed by atoms with E-state index in [1.165, 1.54) is 0 Å². The molecule has 0 atom stereocenters. The number of benzene rings is 1. The lowest BCUT2D eigenvalue weighted by Crippen LogP contribution is -2.24. The predicted octanol–water partition coefficient (Wildman–Crippen LogP) is 2.37. The predicted molar refractivity (Wildman–Crippen MR) is 90.5 cm³/mol. The maximum absolute atomic E-state index is 12.3. The molecule has 6 heteroatoms. The Balaban J connectivity index is 1.65. The maximum atomic E-state index is 12.3. The van der Waals surface area contributed by atoms with Crippen LogP contribution in [0.3, 0.4) is 0 Å². The van der Waals surface area contributed by atoms with Crippen molar-refractivity contribution in [1.82, 2.24) is 15.3 Å². The molecule has 1 aromatic carbocycles. The van der Waals surface area contributed by atoms with Crippen molar-refractivity contribution >= 4 is 17.5 Å². The van der Waals surface area contributed by atoms with Crippen LogP contribution in [0.25, 0.3) is 0 Å². The van der Waals surface area contributed by atoms with Crippen molar-refractivity contribution in [3.8, 4) is 0 Å². The zero-order chi connectivity index (χ0) is 17.1. The summed E-state index contributed by atoms with van der Waals surface area (Å²) in [5, 5.41) is 5.72. The first-order chi connectivity index (χ1) is 11.5. The lowest BCUT2D eigenvalue weighted by atomic mass is 10.1. The molecule has 1 aliphatic carbocycles. The van der Waals surface area contributed by atoms with Crippen LogP contribution in [0.2, 0.25) is 0 Å². The SMILES string of the molecule is Cc1cnc(CNC(=O)c2ccc(C)c(NC(=O)C3CC3)c2)cn1. The van der Waals surface area contributed by atoms with Gasteiger partial charge in [-0.2, -0.15) is 0 Å². The molecule has 0 bridgehead atoms. The van der Waals surface area contributed by atoms with Gasteiger partial charge in [0.15, 0.2) is 0 Å². The summed E-state index contributed by atoms with van der Waals surface area (Å²) in [6.45, 7) is 4.08. The highest BCUT2D eigenvalue weighted by Crippen LogP contribution is 2.30. The number of aromatic nitrogens is 2. The van der Waals surface area contributed by atoms with Gasteiger partial charge in [-0.1, -0.05) is 6.07 Å². The summed E-state index contributed by atoms with van der Waals surface area (Å²) in [6.07, 6.45) is 5.20. The molecule has 0 spiro atoms. The summed E-state index contributed by atoms with van der Waals surface area (Å²) in [4.78, 5) is 32.6. The van der Waals surface area contributed by atoms with Crippen LogP contribution in [0.15, 0.2) is 30.6 Å². The van der Waals surface area contributed by atoms with Crippen molar-refractivity contribution in [3.63, 3.8) is 0 Å². The minimum Gasteiger partial charge on any atom is -0.346 e. The van der Waals surface area contributed by atoms with E-state index in [4.69, 9.17) is 0 Å². The van der Waals surface area contributed by atoms with E-state index in [1.807, 2.05) is 19.9 Å². The highest BCUT2D eigenvalue weighted by Gasteiger charge is 2.29. The Kier molecular flexibility index (Phi) is 4.55. The highest BCUT2D eigenvalue weighted by molar-refractivity contribution is 5.98. The molecular weight excluding hydrogens is 304 g/mol. The van der Waals surface area contributed by atoms with Crippen LogP contribution in [0.4, 0.5) is 5.69 Å². The van der Waals surface area contributed by atoms with Crippen LogP contribution in [-0.4, -0.2) is 21.8 Å². The second kappa shape index (κ2) is 6.78. The Hall–Kier alpha value is -2.76. The summed E-state index contributed by atoms with van der Waals surface area (Å²) < 4.78 is 0. The second-order valence-corrected chi connectivity index (χ2v) is 6.13. The molecular formula is C18H20N4O2. The normalized spacial score (nSPS) is 13.4. The number of nitrogens with one attached hydrogen (secondary N) is 2. The van der Waals surface area contributed by atoms with Crippen LogP contribution < -0.4 is 10.6 Å². The lowest BCUT2D eigenvalue weighted by molar-refractivity contribution is -0.117. The molecule has 1 fully saturated rings. The molecule has 2 N–H and O–H groups in total. The second-order valence-electron chi connectivity index (χ2n) is 6.13. The van der Waals surface area contributed by atoms with Gasteiger partial charge in [0.25, 0.3) is 5.91 Å². The Morgan fingerprint density at radius 3 is 2.62 bits per heavy atom. The fourth-order valence-corrected chi connectivity index (χ4v) is 2.26. The summed E-state index contributed by atoms with van der Waals surface area (Å²) in [7, 11) is 0. The number of anilines is 1. The Morgan fingerprint density at radius 2 is 1.96 bits per heavy atom. The fourth-order valence-electron chi connectivity index (χ4n) is 2.26. The van der Waals surface area contributed by atoms with Gasteiger partial charge in [0.05, 0.1) is 24.1 Å². The van der Waals surface area contributed by atoms with Gasteiger partial charge in [0, 0.05) is 23.4 Å². The quantitative estimate of drug-likeness (QED) is 0.884. The minimum atomic E-state index is -0.209. The molecule has 0 saturated heterocycles. The molecule has 2 aromatic rings. The molecule has 1 aliphatic rings. The number of hydrogen-bond donors (Lipinski definition) is 2. The molecule has 1 heterocycles. The van der Waals surface area contributed by atoms with Crippen LogP contribution in [-0.2, 0) is 11.3 Å². The zero-order valence-electron chi connectivity index (χ0n) is 13.8. The van der Waals surface area contributed by atoms with Gasteiger partial charge in [-0.25, -0.2) is 0 Å². The fraction of sp³-hybridized carbons (Fsp3) is 0.333. The first-order valence-electron chi connectivity index (χ1n) is 8.00. The Morgan fingerprint density at radius 1 is 1.17 bits per heavy atom. The van der Waals surface area contributed by atoms with Crippen LogP contribution in [0.5, 0.6) is 0 Å². The van der Waals surface area contributed by atoms with E-state index in [0.29, 0.717) is 23.5 Å². The molecule has 124 valence electrons. The number of nitrogens with zero attached hydrogens (tertiary/aromatic N) is 2. The number of rotatable bonds is 5. The van der Waals surface area contributed by atoms with E-state index in [-0.39, 0.29) is 17.7 Å². The molecule has 1 saturated carbocycles. The minimum absolute atomic E-state index is 0.0330. The molecule has 24 heavy (non-hydrogen) atoms. The van der Waals surface area contributed by atoms with Gasteiger partial charge in [0.1, 0.15) is 0 Å². The number of carbonyl (C=O) groups excluding carboxylic acids is 2. The van der Waals surface area contributed by atoms with Gasteiger partial charge in [-0.05, 0) is 44.4 Å². The third-order valence-electron chi connectivity index (χ3n) is 3.97. The van der Waals surface area contributed by atoms with E-state index in [9.17, 15) is 9.59 Å². The number of hydrogen-bond acceptors (Lipinski definition) is 4. The molecule has 0 aliphatic heterocycles. The lowest BCUT2D eigenvalue weighted by Gasteiger charge is -2.11. The number of aryl methyl sites for hydroxylation is 2. The van der Waals surface area contributed by atoms with Crippen LogP contribution >= 0.6 is 0 Å². The van der Waals surface area contributed by atoms with E-state index in [1.54, 1.807) is 24.5 Å². The van der Waals surface area contributed by atoms with Gasteiger partial charge in [-0.15, -0.1) is 0 Å².